The normalized spacial score (nSPS) is 39.7. The number of ketones is 1. The fourth-order valence-electron chi connectivity index (χ4n) is 5.05. The van der Waals surface area contributed by atoms with Crippen LogP contribution in [-0.2, 0) is 14.3 Å². The van der Waals surface area contributed by atoms with Gasteiger partial charge >= 0.3 is 0 Å². The van der Waals surface area contributed by atoms with Crippen LogP contribution < -0.4 is 0 Å². The lowest BCUT2D eigenvalue weighted by molar-refractivity contribution is -0.170. The molecule has 0 aromatic rings. The molecule has 0 unspecified atom stereocenters. The van der Waals surface area contributed by atoms with Crippen molar-refractivity contribution < 1.29 is 14.3 Å². The quantitative estimate of drug-likeness (QED) is 0.646. The number of hydrogen-bond acceptors (Lipinski definition) is 3. The molecule has 3 heteroatoms. The molecule has 25 heavy (non-hydrogen) atoms. The minimum absolute atomic E-state index is 0.224. The fourth-order valence-corrected chi connectivity index (χ4v) is 5.05. The van der Waals surface area contributed by atoms with Crippen molar-refractivity contribution in [1.29, 1.82) is 0 Å². The van der Waals surface area contributed by atoms with E-state index in [1.807, 2.05) is 0 Å². The highest BCUT2D eigenvalue weighted by atomic mass is 16.8. The molecule has 0 bridgehead atoms. The van der Waals surface area contributed by atoms with Crippen LogP contribution in [-0.4, -0.2) is 23.8 Å². The van der Waals surface area contributed by atoms with Gasteiger partial charge in [-0.15, -0.1) is 0 Å². The SMILES string of the molecule is CCC[C@@H]1CC(=O)C[C@H]1C.CCC[C@@H]1CC2(C[C@H]1C)O[C@H](C)[C@@H](C)O2. The number of rotatable bonds is 4. The molecule has 3 nitrogen and oxygen atoms in total. The number of carbonyl (C=O) groups is 1. The van der Waals surface area contributed by atoms with Crippen LogP contribution in [0.3, 0.4) is 0 Å². The van der Waals surface area contributed by atoms with Gasteiger partial charge in [0.15, 0.2) is 5.79 Å². The van der Waals surface area contributed by atoms with Crippen molar-refractivity contribution in [3.8, 4) is 0 Å². The molecule has 2 saturated carbocycles. The van der Waals surface area contributed by atoms with E-state index in [-0.39, 0.29) is 18.0 Å². The second-order valence-corrected chi connectivity index (χ2v) is 8.96. The van der Waals surface area contributed by atoms with E-state index in [0.717, 1.165) is 37.5 Å². The first-order chi connectivity index (χ1) is 11.8. The lowest BCUT2D eigenvalue weighted by Crippen LogP contribution is -2.27. The van der Waals surface area contributed by atoms with Gasteiger partial charge < -0.3 is 9.47 Å². The van der Waals surface area contributed by atoms with Crippen LogP contribution in [0, 0.1) is 23.7 Å². The third-order valence-corrected chi connectivity index (χ3v) is 6.64. The van der Waals surface area contributed by atoms with Crippen molar-refractivity contribution in [3.05, 3.63) is 0 Å². The van der Waals surface area contributed by atoms with E-state index in [0.29, 0.717) is 17.6 Å². The van der Waals surface area contributed by atoms with E-state index >= 15 is 0 Å². The van der Waals surface area contributed by atoms with Crippen LogP contribution in [0.25, 0.3) is 0 Å². The summed E-state index contributed by atoms with van der Waals surface area (Å²) < 4.78 is 12.1. The van der Waals surface area contributed by atoms with Crippen molar-refractivity contribution >= 4 is 5.78 Å². The average Bonchev–Trinajstić information content (AvgIpc) is 3.09. The number of carbonyl (C=O) groups excluding carboxylic acids is 1. The van der Waals surface area contributed by atoms with E-state index in [4.69, 9.17) is 9.47 Å². The Hall–Kier alpha value is -0.410. The van der Waals surface area contributed by atoms with E-state index in [1.165, 1.54) is 25.7 Å². The van der Waals surface area contributed by atoms with Crippen LogP contribution in [0.4, 0.5) is 0 Å². The Bertz CT molecular complexity index is 423. The zero-order chi connectivity index (χ0) is 18.6. The Labute approximate surface area is 155 Å². The highest BCUT2D eigenvalue weighted by Gasteiger charge is 2.51. The first kappa shape index (κ1) is 20.9. The van der Waals surface area contributed by atoms with Gasteiger partial charge in [0, 0.05) is 25.7 Å². The second kappa shape index (κ2) is 8.99. The zero-order valence-corrected chi connectivity index (χ0v) is 17.3. The van der Waals surface area contributed by atoms with Crippen LogP contribution in [0.1, 0.15) is 92.9 Å². The van der Waals surface area contributed by atoms with Crippen molar-refractivity contribution in [2.45, 2.75) is 111 Å². The molecule has 1 heterocycles. The summed E-state index contributed by atoms with van der Waals surface area (Å²) in [4.78, 5) is 10.9. The molecular weight excluding hydrogens is 312 g/mol. The van der Waals surface area contributed by atoms with Crippen LogP contribution in [0.5, 0.6) is 0 Å². The number of hydrogen-bond donors (Lipinski definition) is 0. The maximum Gasteiger partial charge on any atom is 0.169 e. The summed E-state index contributed by atoms with van der Waals surface area (Å²) in [6.45, 7) is 13.2. The number of Topliss-reactive ketones (excluding diaryl/α,β-unsaturated/α-hetero) is 1. The minimum Gasteiger partial charge on any atom is -0.344 e. The summed E-state index contributed by atoms with van der Waals surface area (Å²) >= 11 is 0. The van der Waals surface area contributed by atoms with Crippen molar-refractivity contribution in [3.63, 3.8) is 0 Å². The predicted molar refractivity (Wildman–Crippen MR) is 102 cm³/mol. The standard InChI is InChI=1S/C13H24O2.C9H16O/c1-5-6-12-8-13(7-9(12)2)14-10(3)11(4)15-13;1-3-4-8-6-9(10)5-7(8)2/h9-12H,5-8H2,1-4H3;7-8H,3-6H2,1-2H3/t9-,10-,11-,12-;7-,8-/m11/s1. The minimum atomic E-state index is -0.224. The van der Waals surface area contributed by atoms with Gasteiger partial charge in [-0.1, -0.05) is 53.4 Å². The lowest BCUT2D eigenvalue weighted by Gasteiger charge is -2.22. The van der Waals surface area contributed by atoms with Gasteiger partial charge in [-0.05, 0) is 37.5 Å². The van der Waals surface area contributed by atoms with Crippen LogP contribution >= 0.6 is 0 Å². The summed E-state index contributed by atoms with van der Waals surface area (Å²) in [7, 11) is 0. The summed E-state index contributed by atoms with van der Waals surface area (Å²) in [6, 6.07) is 0. The third-order valence-electron chi connectivity index (χ3n) is 6.64. The Kier molecular flexibility index (Phi) is 7.52. The summed E-state index contributed by atoms with van der Waals surface area (Å²) in [6.07, 6.45) is 9.47. The van der Waals surface area contributed by atoms with Crippen LogP contribution in [0.15, 0.2) is 0 Å². The molecule has 0 amide bonds. The molecule has 3 rings (SSSR count). The molecule has 0 radical (unpaired) electrons. The molecule has 1 saturated heterocycles. The molecule has 2 aliphatic carbocycles. The average molecular weight is 353 g/mol. The van der Waals surface area contributed by atoms with Crippen LogP contribution in [0.2, 0.25) is 0 Å². The Morgan fingerprint density at radius 1 is 0.840 bits per heavy atom. The lowest BCUT2D eigenvalue weighted by atomic mass is 9.94. The predicted octanol–water partition coefficient (Wildman–Crippen LogP) is 5.75. The molecule has 6 atom stereocenters. The maximum atomic E-state index is 10.9. The van der Waals surface area contributed by atoms with Crippen molar-refractivity contribution in [2.24, 2.45) is 23.7 Å². The Morgan fingerprint density at radius 3 is 1.88 bits per heavy atom. The first-order valence-corrected chi connectivity index (χ1v) is 10.7. The van der Waals surface area contributed by atoms with Gasteiger partial charge in [-0.2, -0.15) is 0 Å². The van der Waals surface area contributed by atoms with Gasteiger partial charge in [0.05, 0.1) is 12.2 Å². The van der Waals surface area contributed by atoms with Crippen molar-refractivity contribution in [1.82, 2.24) is 0 Å². The van der Waals surface area contributed by atoms with E-state index < -0.39 is 0 Å². The molecule has 3 aliphatic rings. The smallest absolute Gasteiger partial charge is 0.169 e. The summed E-state index contributed by atoms with van der Waals surface area (Å²) in [5.74, 6) is 3.17. The van der Waals surface area contributed by atoms with E-state index in [1.54, 1.807) is 0 Å². The molecule has 0 aromatic heterocycles. The Balaban J connectivity index is 0.000000196. The van der Waals surface area contributed by atoms with Gasteiger partial charge in [-0.25, -0.2) is 0 Å². The largest absolute Gasteiger partial charge is 0.344 e. The molecule has 0 aromatic carbocycles. The second-order valence-electron chi connectivity index (χ2n) is 8.96. The van der Waals surface area contributed by atoms with Gasteiger partial charge in [0.2, 0.25) is 0 Å². The Morgan fingerprint density at radius 2 is 1.40 bits per heavy atom. The molecule has 0 N–H and O–H groups in total. The highest BCUT2D eigenvalue weighted by molar-refractivity contribution is 5.81. The van der Waals surface area contributed by atoms with E-state index in [9.17, 15) is 4.79 Å². The van der Waals surface area contributed by atoms with Crippen molar-refractivity contribution in [2.75, 3.05) is 0 Å². The summed E-state index contributed by atoms with van der Waals surface area (Å²) in [5, 5.41) is 0. The molecule has 3 fully saturated rings. The fraction of sp³-hybridized carbons (Fsp3) is 0.955. The van der Waals surface area contributed by atoms with E-state index in [2.05, 4.69) is 41.5 Å². The molecule has 1 spiro atoms. The number of ether oxygens (including phenoxy) is 2. The molecular formula is C22H40O3. The molecule has 1 aliphatic heterocycles. The maximum absolute atomic E-state index is 10.9. The summed E-state index contributed by atoms with van der Waals surface area (Å²) in [5.41, 5.74) is 0. The first-order valence-electron chi connectivity index (χ1n) is 10.7. The highest BCUT2D eigenvalue weighted by Crippen LogP contribution is 2.48. The third kappa shape index (κ3) is 5.29. The molecule has 146 valence electrons. The zero-order valence-electron chi connectivity index (χ0n) is 17.3. The van der Waals surface area contributed by atoms with Gasteiger partial charge in [0.1, 0.15) is 5.78 Å². The van der Waals surface area contributed by atoms with Gasteiger partial charge in [0.25, 0.3) is 0 Å². The van der Waals surface area contributed by atoms with Gasteiger partial charge in [-0.3, -0.25) is 4.79 Å². The monoisotopic (exact) mass is 352 g/mol. The topological polar surface area (TPSA) is 35.5 Å².